The summed E-state index contributed by atoms with van der Waals surface area (Å²) < 4.78 is 18.5. The molecule has 0 unspecified atom stereocenters. The molecule has 2 aromatic rings. The highest BCUT2D eigenvalue weighted by Crippen LogP contribution is 2.27. The molecular weight excluding hydrogens is 241 g/mol. The van der Waals surface area contributed by atoms with Gasteiger partial charge in [0.05, 0.1) is 0 Å². The SMILES string of the molecule is NCc1cc(Cl)ccc1Oc1cccc(F)c1. The molecule has 0 amide bonds. The average Bonchev–Trinajstić information content (AvgIpc) is 2.31. The van der Waals surface area contributed by atoms with Gasteiger partial charge in [0, 0.05) is 23.2 Å². The van der Waals surface area contributed by atoms with Crippen molar-refractivity contribution >= 4 is 11.6 Å². The maximum absolute atomic E-state index is 13.0. The summed E-state index contributed by atoms with van der Waals surface area (Å²) in [5.74, 6) is 0.676. The van der Waals surface area contributed by atoms with Crippen LogP contribution in [0.3, 0.4) is 0 Å². The Hall–Kier alpha value is -1.58. The van der Waals surface area contributed by atoms with Gasteiger partial charge in [-0.15, -0.1) is 0 Å². The van der Waals surface area contributed by atoms with Crippen LogP contribution in [0.4, 0.5) is 4.39 Å². The molecule has 0 spiro atoms. The summed E-state index contributed by atoms with van der Waals surface area (Å²) in [6.45, 7) is 0.311. The van der Waals surface area contributed by atoms with Crippen LogP contribution < -0.4 is 10.5 Å². The van der Waals surface area contributed by atoms with Crippen LogP contribution in [0.15, 0.2) is 42.5 Å². The van der Waals surface area contributed by atoms with Gasteiger partial charge in [-0.2, -0.15) is 0 Å². The molecule has 0 fully saturated rings. The molecule has 0 aliphatic rings. The van der Waals surface area contributed by atoms with Crippen molar-refractivity contribution in [2.75, 3.05) is 0 Å². The molecule has 0 radical (unpaired) electrons. The fraction of sp³-hybridized carbons (Fsp3) is 0.0769. The zero-order valence-electron chi connectivity index (χ0n) is 8.99. The van der Waals surface area contributed by atoms with Gasteiger partial charge < -0.3 is 10.5 Å². The van der Waals surface area contributed by atoms with E-state index < -0.39 is 0 Å². The number of halogens is 2. The van der Waals surface area contributed by atoms with E-state index >= 15 is 0 Å². The van der Waals surface area contributed by atoms with Gasteiger partial charge in [0.2, 0.25) is 0 Å². The summed E-state index contributed by atoms with van der Waals surface area (Å²) in [4.78, 5) is 0. The van der Waals surface area contributed by atoms with Crippen LogP contribution in [0.1, 0.15) is 5.56 Å². The highest BCUT2D eigenvalue weighted by atomic mass is 35.5. The standard InChI is InChI=1S/C13H11ClFNO/c14-10-4-5-13(9(6-10)8-16)17-12-3-1-2-11(15)7-12/h1-7H,8,16H2. The molecule has 17 heavy (non-hydrogen) atoms. The van der Waals surface area contributed by atoms with E-state index in [1.165, 1.54) is 12.1 Å². The lowest BCUT2D eigenvalue weighted by molar-refractivity contribution is 0.471. The second-order valence-electron chi connectivity index (χ2n) is 3.52. The third-order valence-corrected chi connectivity index (χ3v) is 2.50. The molecule has 2 N–H and O–H groups in total. The van der Waals surface area contributed by atoms with Crippen LogP contribution in [0.2, 0.25) is 5.02 Å². The number of rotatable bonds is 3. The van der Waals surface area contributed by atoms with Gasteiger partial charge in [0.1, 0.15) is 17.3 Å². The minimum absolute atomic E-state index is 0.311. The van der Waals surface area contributed by atoms with Crippen LogP contribution in [-0.2, 0) is 6.54 Å². The van der Waals surface area contributed by atoms with Crippen molar-refractivity contribution in [1.29, 1.82) is 0 Å². The molecule has 0 aromatic heterocycles. The van der Waals surface area contributed by atoms with Gasteiger partial charge in [-0.25, -0.2) is 4.39 Å². The van der Waals surface area contributed by atoms with E-state index in [9.17, 15) is 4.39 Å². The molecule has 0 aliphatic carbocycles. The van der Waals surface area contributed by atoms with Gasteiger partial charge in [-0.05, 0) is 30.3 Å². The van der Waals surface area contributed by atoms with Crippen molar-refractivity contribution < 1.29 is 9.13 Å². The van der Waals surface area contributed by atoms with Crippen molar-refractivity contribution in [3.63, 3.8) is 0 Å². The first-order chi connectivity index (χ1) is 8.19. The molecular formula is C13H11ClFNO. The largest absolute Gasteiger partial charge is 0.457 e. The summed E-state index contributed by atoms with van der Waals surface area (Å²) in [5.41, 5.74) is 6.37. The molecule has 0 atom stereocenters. The number of nitrogens with two attached hydrogens (primary N) is 1. The maximum atomic E-state index is 13.0. The van der Waals surface area contributed by atoms with E-state index in [0.717, 1.165) is 5.56 Å². The van der Waals surface area contributed by atoms with Crippen molar-refractivity contribution in [2.45, 2.75) is 6.54 Å². The first kappa shape index (κ1) is 11.9. The first-order valence-corrected chi connectivity index (χ1v) is 5.49. The molecule has 0 saturated carbocycles. The summed E-state index contributed by atoms with van der Waals surface area (Å²) in [7, 11) is 0. The zero-order chi connectivity index (χ0) is 12.3. The molecule has 2 aromatic carbocycles. The summed E-state index contributed by atoms with van der Waals surface area (Å²) in [6.07, 6.45) is 0. The Kier molecular flexibility index (Phi) is 3.61. The van der Waals surface area contributed by atoms with E-state index in [2.05, 4.69) is 0 Å². The first-order valence-electron chi connectivity index (χ1n) is 5.11. The van der Waals surface area contributed by atoms with Crippen molar-refractivity contribution in [3.8, 4) is 11.5 Å². The minimum Gasteiger partial charge on any atom is -0.457 e. The normalized spacial score (nSPS) is 10.3. The Bertz CT molecular complexity index is 531. The number of hydrogen-bond donors (Lipinski definition) is 1. The predicted molar refractivity (Wildman–Crippen MR) is 65.8 cm³/mol. The highest BCUT2D eigenvalue weighted by molar-refractivity contribution is 6.30. The molecule has 4 heteroatoms. The third kappa shape index (κ3) is 2.96. The van der Waals surface area contributed by atoms with E-state index in [1.807, 2.05) is 0 Å². The Morgan fingerprint density at radius 1 is 1.18 bits per heavy atom. The van der Waals surface area contributed by atoms with E-state index in [0.29, 0.717) is 23.1 Å². The maximum Gasteiger partial charge on any atom is 0.132 e. The number of benzene rings is 2. The lowest BCUT2D eigenvalue weighted by Gasteiger charge is -2.10. The number of hydrogen-bond acceptors (Lipinski definition) is 2. The monoisotopic (exact) mass is 251 g/mol. The fourth-order valence-electron chi connectivity index (χ4n) is 1.46. The van der Waals surface area contributed by atoms with E-state index in [1.54, 1.807) is 30.3 Å². The fourth-order valence-corrected chi connectivity index (χ4v) is 1.66. The molecule has 2 nitrogen and oxygen atoms in total. The second-order valence-corrected chi connectivity index (χ2v) is 3.95. The Morgan fingerprint density at radius 2 is 2.00 bits per heavy atom. The molecule has 0 bridgehead atoms. The Labute approximate surface area is 104 Å². The average molecular weight is 252 g/mol. The molecule has 0 aliphatic heterocycles. The Morgan fingerprint density at radius 3 is 2.71 bits per heavy atom. The summed E-state index contributed by atoms with van der Waals surface area (Å²) >= 11 is 5.85. The summed E-state index contributed by atoms with van der Waals surface area (Å²) in [6, 6.07) is 11.1. The lowest BCUT2D eigenvalue weighted by atomic mass is 10.2. The van der Waals surface area contributed by atoms with Crippen molar-refractivity contribution in [3.05, 3.63) is 58.9 Å². The van der Waals surface area contributed by atoms with Crippen LogP contribution in [0.5, 0.6) is 11.5 Å². The summed E-state index contributed by atoms with van der Waals surface area (Å²) in [5, 5.41) is 0.594. The third-order valence-electron chi connectivity index (χ3n) is 2.27. The van der Waals surface area contributed by atoms with Gasteiger partial charge in [-0.1, -0.05) is 17.7 Å². The van der Waals surface area contributed by atoms with Crippen LogP contribution in [-0.4, -0.2) is 0 Å². The van der Waals surface area contributed by atoms with Gasteiger partial charge in [-0.3, -0.25) is 0 Å². The second kappa shape index (κ2) is 5.17. The Balaban J connectivity index is 2.29. The van der Waals surface area contributed by atoms with Crippen LogP contribution >= 0.6 is 11.6 Å². The highest BCUT2D eigenvalue weighted by Gasteiger charge is 2.05. The van der Waals surface area contributed by atoms with Crippen LogP contribution in [0.25, 0.3) is 0 Å². The minimum atomic E-state index is -0.342. The lowest BCUT2D eigenvalue weighted by Crippen LogP contribution is -1.99. The molecule has 0 heterocycles. The predicted octanol–water partition coefficient (Wildman–Crippen LogP) is 3.73. The number of ether oxygens (including phenoxy) is 1. The van der Waals surface area contributed by atoms with E-state index in [-0.39, 0.29) is 5.82 Å². The van der Waals surface area contributed by atoms with Crippen LogP contribution in [0, 0.1) is 5.82 Å². The smallest absolute Gasteiger partial charge is 0.132 e. The van der Waals surface area contributed by atoms with Gasteiger partial charge >= 0.3 is 0 Å². The zero-order valence-corrected chi connectivity index (χ0v) is 9.75. The quantitative estimate of drug-likeness (QED) is 0.902. The van der Waals surface area contributed by atoms with Gasteiger partial charge in [0.25, 0.3) is 0 Å². The molecule has 0 saturated heterocycles. The van der Waals surface area contributed by atoms with Gasteiger partial charge in [0.15, 0.2) is 0 Å². The molecule has 2 rings (SSSR count). The van der Waals surface area contributed by atoms with E-state index in [4.69, 9.17) is 22.1 Å². The van der Waals surface area contributed by atoms with Crippen molar-refractivity contribution in [2.24, 2.45) is 5.73 Å². The topological polar surface area (TPSA) is 35.2 Å². The van der Waals surface area contributed by atoms with Crippen molar-refractivity contribution in [1.82, 2.24) is 0 Å². The molecule has 88 valence electrons.